The van der Waals surface area contributed by atoms with Crippen molar-refractivity contribution in [3.05, 3.63) is 104 Å². The second kappa shape index (κ2) is 23.1. The predicted octanol–water partition coefficient (Wildman–Crippen LogP) is 11.2. The first-order valence-corrected chi connectivity index (χ1v) is 16.1. The van der Waals surface area contributed by atoms with Crippen molar-refractivity contribution >= 4 is 69.2 Å². The molecule has 0 atom stereocenters. The van der Waals surface area contributed by atoms with Crippen LogP contribution in [0, 0.1) is 13.8 Å². The van der Waals surface area contributed by atoms with Gasteiger partial charge in [-0.05, 0) is 96.8 Å². The van der Waals surface area contributed by atoms with Crippen LogP contribution in [0.3, 0.4) is 0 Å². The number of azo groups is 2. The zero-order valence-electron chi connectivity index (χ0n) is 27.0. The molecule has 0 heterocycles. The van der Waals surface area contributed by atoms with Gasteiger partial charge in [-0.3, -0.25) is 0 Å². The molecule has 0 aliphatic carbocycles. The lowest BCUT2D eigenvalue weighted by atomic mass is 10.0. The van der Waals surface area contributed by atoms with E-state index in [0.29, 0.717) is 46.3 Å². The predicted molar refractivity (Wildman–Crippen MR) is 198 cm³/mol. The fourth-order valence-corrected chi connectivity index (χ4v) is 4.84. The maximum Gasteiger partial charge on any atom is 0.0882 e. The van der Waals surface area contributed by atoms with E-state index in [2.05, 4.69) is 55.4 Å². The Kier molecular flexibility index (Phi) is 20.5. The first-order valence-electron chi connectivity index (χ1n) is 14.5. The molecule has 4 rings (SSSR count). The van der Waals surface area contributed by atoms with Gasteiger partial charge in [0.05, 0.1) is 45.9 Å². The van der Waals surface area contributed by atoms with Gasteiger partial charge < -0.3 is 20.8 Å². The summed E-state index contributed by atoms with van der Waals surface area (Å²) in [6, 6.07) is 23.0. The summed E-state index contributed by atoms with van der Waals surface area (Å²) >= 11 is 24.2. The number of aryl methyl sites for hydroxylation is 2. The molecule has 4 N–H and O–H groups in total. The quantitative estimate of drug-likeness (QED) is 0.0917. The maximum atomic E-state index is 7.00. The molecule has 248 valence electrons. The standard InChI is InChI=1S/C30H28Cl4N6.C2H6.2CH4O/c1-19-15-21(3-7-27(19)39-37-13-11-35-29-9-5-23(31)17-25(29)33)22-4-8-28(20(2)16-22)40-38-14-12-36-30-10-6-24(32)18-26(30)34;3*1-2/h3-10,15-18,35-36H,11-14H2,1-2H3;1-2H3;2*2H,1H3. The van der Waals surface area contributed by atoms with Gasteiger partial charge in [-0.2, -0.15) is 20.5 Å². The van der Waals surface area contributed by atoms with Crippen molar-refractivity contribution in [3.8, 4) is 11.1 Å². The van der Waals surface area contributed by atoms with Crippen LogP contribution in [-0.2, 0) is 0 Å². The van der Waals surface area contributed by atoms with Gasteiger partial charge in [0.2, 0.25) is 0 Å². The summed E-state index contributed by atoms with van der Waals surface area (Å²) in [5.74, 6) is 0. The van der Waals surface area contributed by atoms with E-state index in [4.69, 9.17) is 56.6 Å². The summed E-state index contributed by atoms with van der Waals surface area (Å²) in [6.07, 6.45) is 0. The van der Waals surface area contributed by atoms with Crippen LogP contribution in [0.15, 0.2) is 93.3 Å². The van der Waals surface area contributed by atoms with Crippen molar-refractivity contribution in [2.24, 2.45) is 20.5 Å². The molecular formula is C34H42Cl4N6O2. The first kappa shape index (κ1) is 40.8. The summed E-state index contributed by atoms with van der Waals surface area (Å²) in [4.78, 5) is 0. The topological polar surface area (TPSA) is 114 Å². The van der Waals surface area contributed by atoms with Crippen molar-refractivity contribution in [1.82, 2.24) is 0 Å². The number of hydrogen-bond donors (Lipinski definition) is 4. The van der Waals surface area contributed by atoms with E-state index in [1.165, 1.54) is 0 Å². The van der Waals surface area contributed by atoms with Gasteiger partial charge in [-0.25, -0.2) is 0 Å². The summed E-state index contributed by atoms with van der Waals surface area (Å²) in [7, 11) is 2.00. The Morgan fingerprint density at radius 3 is 1.24 bits per heavy atom. The largest absolute Gasteiger partial charge is 0.400 e. The van der Waals surface area contributed by atoms with Crippen LogP contribution >= 0.6 is 46.4 Å². The van der Waals surface area contributed by atoms with Crippen molar-refractivity contribution in [2.45, 2.75) is 27.7 Å². The van der Waals surface area contributed by atoms with E-state index in [1.54, 1.807) is 24.3 Å². The lowest BCUT2D eigenvalue weighted by Gasteiger charge is -2.08. The van der Waals surface area contributed by atoms with Gasteiger partial charge >= 0.3 is 0 Å². The number of aliphatic hydroxyl groups is 2. The van der Waals surface area contributed by atoms with E-state index in [1.807, 2.05) is 52.0 Å². The highest BCUT2D eigenvalue weighted by Gasteiger charge is 2.06. The van der Waals surface area contributed by atoms with Crippen LogP contribution in [0.1, 0.15) is 25.0 Å². The van der Waals surface area contributed by atoms with Gasteiger partial charge in [0.15, 0.2) is 0 Å². The number of anilines is 2. The molecule has 0 saturated heterocycles. The molecule has 0 radical (unpaired) electrons. The molecule has 8 nitrogen and oxygen atoms in total. The highest BCUT2D eigenvalue weighted by atomic mass is 35.5. The Morgan fingerprint density at radius 2 is 0.913 bits per heavy atom. The third-order valence-corrected chi connectivity index (χ3v) is 7.10. The molecule has 0 amide bonds. The van der Waals surface area contributed by atoms with Crippen LogP contribution in [0.2, 0.25) is 20.1 Å². The fraction of sp³-hybridized carbons (Fsp3) is 0.294. The normalized spacial score (nSPS) is 10.3. The second-order valence-electron chi connectivity index (χ2n) is 9.03. The molecule has 0 aromatic heterocycles. The Bertz CT molecular complexity index is 1440. The van der Waals surface area contributed by atoms with Crippen LogP contribution in [-0.4, -0.2) is 50.6 Å². The molecule has 4 aromatic carbocycles. The van der Waals surface area contributed by atoms with Crippen LogP contribution in [0.4, 0.5) is 22.7 Å². The van der Waals surface area contributed by atoms with E-state index in [-0.39, 0.29) is 0 Å². The number of nitrogens with zero attached hydrogens (tertiary/aromatic N) is 4. The average Bonchev–Trinajstić information content (AvgIpc) is 3.06. The Hall–Kier alpha value is -3.24. The molecule has 0 aliphatic heterocycles. The molecule has 4 aromatic rings. The van der Waals surface area contributed by atoms with Crippen LogP contribution in [0.25, 0.3) is 11.1 Å². The molecule has 46 heavy (non-hydrogen) atoms. The molecule has 0 fully saturated rings. The fourth-order valence-electron chi connectivity index (χ4n) is 3.89. The zero-order valence-corrected chi connectivity index (χ0v) is 30.0. The average molecular weight is 709 g/mol. The number of hydrogen-bond acceptors (Lipinski definition) is 8. The van der Waals surface area contributed by atoms with Crippen molar-refractivity contribution in [1.29, 1.82) is 0 Å². The lowest BCUT2D eigenvalue weighted by Crippen LogP contribution is -2.04. The summed E-state index contributed by atoms with van der Waals surface area (Å²) in [5.41, 5.74) is 7.61. The number of benzene rings is 4. The number of halogens is 4. The van der Waals surface area contributed by atoms with Gasteiger partial charge in [0.25, 0.3) is 0 Å². The minimum atomic E-state index is 0.514. The summed E-state index contributed by atoms with van der Waals surface area (Å²) in [6.45, 7) is 10.3. The monoisotopic (exact) mass is 706 g/mol. The molecule has 0 spiro atoms. The minimum Gasteiger partial charge on any atom is -0.400 e. The van der Waals surface area contributed by atoms with Crippen molar-refractivity contribution < 1.29 is 10.2 Å². The number of aliphatic hydroxyl groups excluding tert-OH is 2. The maximum absolute atomic E-state index is 7.00. The van der Waals surface area contributed by atoms with E-state index >= 15 is 0 Å². The van der Waals surface area contributed by atoms with Gasteiger partial charge in [0, 0.05) is 37.4 Å². The molecule has 0 aliphatic rings. The first-order chi connectivity index (χ1) is 22.3. The van der Waals surface area contributed by atoms with E-state index in [0.717, 1.165) is 59.2 Å². The molecule has 0 bridgehead atoms. The van der Waals surface area contributed by atoms with Gasteiger partial charge in [-0.1, -0.05) is 72.4 Å². The SMILES string of the molecule is CC.CO.CO.Cc1cc(-c2ccc(N=NCCNc3ccc(Cl)cc3Cl)c(C)c2)ccc1N=NCCNc1ccc(Cl)cc1Cl. The third-order valence-electron chi connectivity index (χ3n) is 6.00. The highest BCUT2D eigenvalue weighted by Crippen LogP contribution is 2.31. The Labute approximate surface area is 292 Å². The smallest absolute Gasteiger partial charge is 0.0882 e. The highest BCUT2D eigenvalue weighted by molar-refractivity contribution is 6.36. The molecule has 0 saturated carbocycles. The zero-order chi connectivity index (χ0) is 34.5. The Morgan fingerprint density at radius 1 is 0.543 bits per heavy atom. The van der Waals surface area contributed by atoms with Crippen LogP contribution in [0.5, 0.6) is 0 Å². The van der Waals surface area contributed by atoms with Crippen molar-refractivity contribution in [2.75, 3.05) is 51.0 Å². The van der Waals surface area contributed by atoms with Crippen LogP contribution < -0.4 is 10.6 Å². The lowest BCUT2D eigenvalue weighted by molar-refractivity contribution is 0.399. The number of nitrogens with one attached hydrogen (secondary N) is 2. The molecule has 0 unspecified atom stereocenters. The summed E-state index contributed by atoms with van der Waals surface area (Å²) < 4.78 is 0. The van der Waals surface area contributed by atoms with Crippen molar-refractivity contribution in [3.63, 3.8) is 0 Å². The van der Waals surface area contributed by atoms with E-state index in [9.17, 15) is 0 Å². The van der Waals surface area contributed by atoms with Gasteiger partial charge in [-0.15, -0.1) is 0 Å². The number of rotatable bonds is 11. The summed E-state index contributed by atoms with van der Waals surface area (Å²) in [5, 5.41) is 40.3. The minimum absolute atomic E-state index is 0.514. The molecule has 12 heteroatoms. The molecular weight excluding hydrogens is 666 g/mol. The Balaban J connectivity index is 0.00000166. The third kappa shape index (κ3) is 13.6. The van der Waals surface area contributed by atoms with Gasteiger partial charge in [0.1, 0.15) is 0 Å². The van der Waals surface area contributed by atoms with E-state index < -0.39 is 0 Å². The second-order valence-corrected chi connectivity index (χ2v) is 10.7.